The van der Waals surface area contributed by atoms with Crippen LogP contribution in [0, 0.1) is 5.92 Å². The zero-order chi connectivity index (χ0) is 17.4. The van der Waals surface area contributed by atoms with Gasteiger partial charge in [-0.1, -0.05) is 6.07 Å². The van der Waals surface area contributed by atoms with Gasteiger partial charge in [0, 0.05) is 23.4 Å². The first-order valence-electron chi connectivity index (χ1n) is 8.00. The fourth-order valence-corrected chi connectivity index (χ4v) is 5.54. The minimum Gasteiger partial charge on any atom is -0.454 e. The van der Waals surface area contributed by atoms with Crippen molar-refractivity contribution < 1.29 is 22.7 Å². The molecule has 2 aliphatic rings. The van der Waals surface area contributed by atoms with Crippen molar-refractivity contribution in [1.82, 2.24) is 5.32 Å². The standard InChI is InChI=1S/C17H17NO5S2/c19-17(11-3-4-11)18-9-16(15-2-1-7-24-15)25(20,21)12-5-6-13-14(8-12)23-10-22-13/h1-2,5-8,11,16H,3-4,9-10H2,(H,18,19)/t16-/m0/s1. The van der Waals surface area contributed by atoms with E-state index >= 15 is 0 Å². The quantitative estimate of drug-likeness (QED) is 0.834. The van der Waals surface area contributed by atoms with Crippen LogP contribution in [0.3, 0.4) is 0 Å². The monoisotopic (exact) mass is 379 g/mol. The molecule has 4 rings (SSSR count). The first-order valence-corrected chi connectivity index (χ1v) is 10.4. The van der Waals surface area contributed by atoms with Gasteiger partial charge in [0.25, 0.3) is 0 Å². The smallest absolute Gasteiger partial charge is 0.231 e. The van der Waals surface area contributed by atoms with Gasteiger partial charge in [-0.05, 0) is 36.4 Å². The van der Waals surface area contributed by atoms with Gasteiger partial charge in [0.15, 0.2) is 21.3 Å². The third-order valence-electron chi connectivity index (χ3n) is 4.32. The number of benzene rings is 1. The molecule has 1 fully saturated rings. The fraction of sp³-hybridized carbons (Fsp3) is 0.353. The maximum Gasteiger partial charge on any atom is 0.231 e. The van der Waals surface area contributed by atoms with E-state index in [9.17, 15) is 13.2 Å². The highest BCUT2D eigenvalue weighted by Gasteiger charge is 2.34. The van der Waals surface area contributed by atoms with E-state index in [2.05, 4.69) is 5.32 Å². The molecule has 1 aromatic heterocycles. The molecule has 1 aliphatic carbocycles. The van der Waals surface area contributed by atoms with Crippen molar-refractivity contribution >= 4 is 27.1 Å². The summed E-state index contributed by atoms with van der Waals surface area (Å²) in [7, 11) is -3.69. The Morgan fingerprint density at radius 3 is 2.76 bits per heavy atom. The van der Waals surface area contributed by atoms with Crippen LogP contribution in [0.1, 0.15) is 23.0 Å². The summed E-state index contributed by atoms with van der Waals surface area (Å²) in [4.78, 5) is 12.8. The maximum atomic E-state index is 13.2. The Morgan fingerprint density at radius 2 is 2.04 bits per heavy atom. The number of fused-ring (bicyclic) bond motifs is 1. The predicted molar refractivity (Wildman–Crippen MR) is 92.5 cm³/mol. The van der Waals surface area contributed by atoms with Crippen molar-refractivity contribution in [3.8, 4) is 11.5 Å². The van der Waals surface area contributed by atoms with Crippen LogP contribution in [0.5, 0.6) is 11.5 Å². The number of carbonyl (C=O) groups excluding carboxylic acids is 1. The SMILES string of the molecule is O=C(NC[C@@H](c1cccs1)S(=O)(=O)c1ccc2c(c1)OCO2)C1CC1. The average molecular weight is 379 g/mol. The lowest BCUT2D eigenvalue weighted by Crippen LogP contribution is -2.32. The van der Waals surface area contributed by atoms with Gasteiger partial charge in [0.2, 0.25) is 12.7 Å². The number of sulfone groups is 1. The van der Waals surface area contributed by atoms with E-state index in [0.717, 1.165) is 12.8 Å². The largest absolute Gasteiger partial charge is 0.454 e. The highest BCUT2D eigenvalue weighted by molar-refractivity contribution is 7.91. The predicted octanol–water partition coefficient (Wildman–Crippen LogP) is 2.52. The van der Waals surface area contributed by atoms with Crippen molar-refractivity contribution in [3.05, 3.63) is 40.6 Å². The molecule has 0 bridgehead atoms. The summed E-state index contributed by atoms with van der Waals surface area (Å²) in [5.41, 5.74) is 0. The van der Waals surface area contributed by atoms with Crippen molar-refractivity contribution in [2.24, 2.45) is 5.92 Å². The second-order valence-corrected chi connectivity index (χ2v) is 9.19. The average Bonchev–Trinajstić information content (AvgIpc) is 3.11. The third kappa shape index (κ3) is 3.23. The summed E-state index contributed by atoms with van der Waals surface area (Å²) >= 11 is 1.37. The lowest BCUT2D eigenvalue weighted by Gasteiger charge is -2.17. The Morgan fingerprint density at radius 1 is 1.24 bits per heavy atom. The normalized spacial score (nSPS) is 17.3. The van der Waals surface area contributed by atoms with Gasteiger partial charge in [0.1, 0.15) is 5.25 Å². The Kier molecular flexibility index (Phi) is 4.16. The summed E-state index contributed by atoms with van der Waals surface area (Å²) in [6, 6.07) is 8.20. The van der Waals surface area contributed by atoms with E-state index < -0.39 is 15.1 Å². The van der Waals surface area contributed by atoms with Crippen molar-refractivity contribution in [2.75, 3.05) is 13.3 Å². The molecular formula is C17H17NO5S2. The summed E-state index contributed by atoms with van der Waals surface area (Å²) in [5.74, 6) is 0.932. The highest BCUT2D eigenvalue weighted by Crippen LogP contribution is 2.38. The molecule has 0 spiro atoms. The summed E-state index contributed by atoms with van der Waals surface area (Å²) in [5, 5.41) is 3.80. The topological polar surface area (TPSA) is 81.7 Å². The maximum absolute atomic E-state index is 13.2. The van der Waals surface area contributed by atoms with Crippen LogP contribution < -0.4 is 14.8 Å². The number of hydrogen-bond acceptors (Lipinski definition) is 6. The molecule has 132 valence electrons. The molecule has 1 aromatic carbocycles. The van der Waals surface area contributed by atoms with Crippen molar-refractivity contribution in [3.63, 3.8) is 0 Å². The molecule has 0 saturated heterocycles. The molecule has 1 saturated carbocycles. The van der Waals surface area contributed by atoms with Crippen LogP contribution in [0.2, 0.25) is 0 Å². The van der Waals surface area contributed by atoms with Gasteiger partial charge in [-0.25, -0.2) is 8.42 Å². The molecule has 25 heavy (non-hydrogen) atoms. The number of amides is 1. The van der Waals surface area contributed by atoms with E-state index in [-0.39, 0.29) is 30.1 Å². The Balaban J connectivity index is 1.63. The van der Waals surface area contributed by atoms with Gasteiger partial charge in [-0.3, -0.25) is 4.79 Å². The lowest BCUT2D eigenvalue weighted by molar-refractivity contribution is -0.122. The first-order chi connectivity index (χ1) is 12.1. The number of carbonyl (C=O) groups is 1. The Labute approximate surface area is 149 Å². The van der Waals surface area contributed by atoms with Gasteiger partial charge in [0.05, 0.1) is 4.90 Å². The fourth-order valence-electron chi connectivity index (χ4n) is 2.74. The van der Waals surface area contributed by atoms with E-state index in [0.29, 0.717) is 16.4 Å². The number of nitrogens with one attached hydrogen (secondary N) is 1. The lowest BCUT2D eigenvalue weighted by atomic mass is 10.3. The number of ether oxygens (including phenoxy) is 2. The molecule has 1 atom stereocenters. The summed E-state index contributed by atoms with van der Waals surface area (Å²) in [6.07, 6.45) is 1.76. The second kappa shape index (κ2) is 6.34. The van der Waals surface area contributed by atoms with E-state index in [4.69, 9.17) is 9.47 Å². The molecule has 2 aromatic rings. The summed E-state index contributed by atoms with van der Waals surface area (Å²) in [6.45, 7) is 0.150. The van der Waals surface area contributed by atoms with E-state index in [1.807, 2.05) is 11.4 Å². The first kappa shape index (κ1) is 16.4. The highest BCUT2D eigenvalue weighted by atomic mass is 32.2. The molecule has 1 amide bonds. The molecule has 1 aliphatic heterocycles. The third-order valence-corrected chi connectivity index (χ3v) is 7.53. The van der Waals surface area contributed by atoms with Crippen LogP contribution in [0.25, 0.3) is 0 Å². The second-order valence-electron chi connectivity index (χ2n) is 6.08. The molecular weight excluding hydrogens is 362 g/mol. The molecule has 8 heteroatoms. The van der Waals surface area contributed by atoms with Gasteiger partial charge < -0.3 is 14.8 Å². The van der Waals surface area contributed by atoms with Crippen LogP contribution in [0.4, 0.5) is 0 Å². The van der Waals surface area contributed by atoms with Gasteiger partial charge in [-0.15, -0.1) is 11.3 Å². The van der Waals surface area contributed by atoms with Crippen molar-refractivity contribution in [1.29, 1.82) is 0 Å². The van der Waals surface area contributed by atoms with Crippen LogP contribution in [0.15, 0.2) is 40.6 Å². The Bertz CT molecular complexity index is 888. The minimum atomic E-state index is -3.69. The number of thiophene rings is 1. The minimum absolute atomic E-state index is 0.0391. The van der Waals surface area contributed by atoms with Gasteiger partial charge >= 0.3 is 0 Å². The van der Waals surface area contributed by atoms with E-state index in [1.54, 1.807) is 12.1 Å². The van der Waals surface area contributed by atoms with Crippen LogP contribution in [-0.4, -0.2) is 27.7 Å². The van der Waals surface area contributed by atoms with Gasteiger partial charge in [-0.2, -0.15) is 0 Å². The zero-order valence-electron chi connectivity index (χ0n) is 13.3. The van der Waals surface area contributed by atoms with E-state index in [1.165, 1.54) is 23.5 Å². The zero-order valence-corrected chi connectivity index (χ0v) is 14.9. The molecule has 0 unspecified atom stereocenters. The molecule has 6 nitrogen and oxygen atoms in total. The molecule has 2 heterocycles. The number of hydrogen-bond donors (Lipinski definition) is 1. The molecule has 0 radical (unpaired) electrons. The Hall–Kier alpha value is -2.06. The molecule has 1 N–H and O–H groups in total. The van der Waals surface area contributed by atoms with Crippen LogP contribution in [-0.2, 0) is 14.6 Å². The summed E-state index contributed by atoms with van der Waals surface area (Å²) < 4.78 is 36.9. The number of rotatable bonds is 6. The van der Waals surface area contributed by atoms with Crippen molar-refractivity contribution in [2.45, 2.75) is 23.0 Å². The van der Waals surface area contributed by atoms with Crippen LogP contribution >= 0.6 is 11.3 Å².